The summed E-state index contributed by atoms with van der Waals surface area (Å²) >= 11 is 0. The largest absolute Gasteiger partial charge is 0.356 e. The highest BCUT2D eigenvalue weighted by Gasteiger charge is 2.54. The van der Waals surface area contributed by atoms with Crippen LogP contribution in [-0.2, 0) is 11.2 Å². The first-order valence-corrected chi connectivity index (χ1v) is 6.98. The Hall–Kier alpha value is -1.39. The lowest BCUT2D eigenvalue weighted by Gasteiger charge is -2.04. The summed E-state index contributed by atoms with van der Waals surface area (Å²) in [5, 5.41) is 9.69. The maximum Gasteiger partial charge on any atom is 0.223 e. The van der Waals surface area contributed by atoms with Crippen LogP contribution in [0.25, 0.3) is 0 Å². The van der Waals surface area contributed by atoms with Crippen molar-refractivity contribution in [1.29, 1.82) is 0 Å². The Morgan fingerprint density at radius 2 is 2.17 bits per heavy atom. The summed E-state index contributed by atoms with van der Waals surface area (Å²) in [6.45, 7) is 0.746. The van der Waals surface area contributed by atoms with E-state index in [0.717, 1.165) is 25.2 Å². The topological polar surface area (TPSA) is 70.7 Å². The van der Waals surface area contributed by atoms with Gasteiger partial charge in [0.2, 0.25) is 5.91 Å². The summed E-state index contributed by atoms with van der Waals surface area (Å²) in [4.78, 5) is 16.0. The molecule has 18 heavy (non-hydrogen) atoms. The molecule has 2 unspecified atom stereocenters. The summed E-state index contributed by atoms with van der Waals surface area (Å²) in [5.74, 6) is 2.91. The second-order valence-electron chi connectivity index (χ2n) is 5.46. The number of nitrogens with one attached hydrogen (secondary N) is 2. The lowest BCUT2D eigenvalue weighted by Crippen LogP contribution is -2.27. The molecule has 5 nitrogen and oxygen atoms in total. The zero-order chi connectivity index (χ0) is 12.4. The number of hydrogen-bond donors (Lipinski definition) is 2. The SMILES string of the molecule is O=C(NCCCc1ncn[nH]1)C1C2CCCCC21. The number of aromatic nitrogens is 3. The molecular weight excluding hydrogens is 228 g/mol. The van der Waals surface area contributed by atoms with Gasteiger partial charge in [-0.3, -0.25) is 9.89 Å². The molecule has 3 rings (SSSR count). The quantitative estimate of drug-likeness (QED) is 0.771. The minimum Gasteiger partial charge on any atom is -0.356 e. The molecule has 2 aliphatic carbocycles. The van der Waals surface area contributed by atoms with Crippen LogP contribution in [0, 0.1) is 17.8 Å². The van der Waals surface area contributed by atoms with Crippen molar-refractivity contribution in [2.75, 3.05) is 6.54 Å². The number of carbonyl (C=O) groups is 1. The van der Waals surface area contributed by atoms with E-state index in [1.807, 2.05) is 0 Å². The van der Waals surface area contributed by atoms with Gasteiger partial charge in [0.1, 0.15) is 12.2 Å². The van der Waals surface area contributed by atoms with Crippen molar-refractivity contribution in [3.8, 4) is 0 Å². The standard InChI is InChI=1S/C13H20N4O/c18-13(12-9-4-1-2-5-10(9)12)14-7-3-6-11-15-8-16-17-11/h8-10,12H,1-7H2,(H,14,18)(H,15,16,17). The molecule has 1 amide bonds. The number of hydrogen-bond acceptors (Lipinski definition) is 3. The van der Waals surface area contributed by atoms with Crippen molar-refractivity contribution >= 4 is 5.91 Å². The maximum atomic E-state index is 12.0. The predicted octanol–water partition coefficient (Wildman–Crippen LogP) is 1.29. The molecular formula is C13H20N4O. The maximum absolute atomic E-state index is 12.0. The van der Waals surface area contributed by atoms with Crippen LogP contribution in [0.4, 0.5) is 0 Å². The fourth-order valence-electron chi connectivity index (χ4n) is 3.32. The van der Waals surface area contributed by atoms with E-state index in [1.54, 1.807) is 0 Å². The van der Waals surface area contributed by atoms with Gasteiger partial charge in [0.05, 0.1) is 0 Å². The normalized spacial score (nSPS) is 29.7. The summed E-state index contributed by atoms with van der Waals surface area (Å²) in [6, 6.07) is 0. The summed E-state index contributed by atoms with van der Waals surface area (Å²) in [5.41, 5.74) is 0. The Balaban J connectivity index is 1.35. The van der Waals surface area contributed by atoms with Crippen LogP contribution in [0.3, 0.4) is 0 Å². The molecule has 2 saturated carbocycles. The van der Waals surface area contributed by atoms with Gasteiger partial charge >= 0.3 is 0 Å². The fourth-order valence-corrected chi connectivity index (χ4v) is 3.32. The van der Waals surface area contributed by atoms with E-state index in [-0.39, 0.29) is 5.91 Å². The number of carbonyl (C=O) groups excluding carboxylic acids is 1. The molecule has 2 aliphatic rings. The molecule has 2 N–H and O–H groups in total. The molecule has 0 spiro atoms. The number of aryl methyl sites for hydroxylation is 1. The van der Waals surface area contributed by atoms with Crippen LogP contribution in [0.15, 0.2) is 6.33 Å². The highest BCUT2D eigenvalue weighted by molar-refractivity contribution is 5.82. The summed E-state index contributed by atoms with van der Waals surface area (Å²) in [7, 11) is 0. The molecule has 1 aromatic rings. The van der Waals surface area contributed by atoms with E-state index in [1.165, 1.54) is 32.0 Å². The lowest BCUT2D eigenvalue weighted by atomic mass is 10.0. The number of amides is 1. The van der Waals surface area contributed by atoms with Crippen LogP contribution in [-0.4, -0.2) is 27.6 Å². The zero-order valence-corrected chi connectivity index (χ0v) is 10.6. The van der Waals surface area contributed by atoms with Crippen LogP contribution in [0.5, 0.6) is 0 Å². The number of aromatic amines is 1. The second-order valence-corrected chi connectivity index (χ2v) is 5.46. The molecule has 0 bridgehead atoms. The van der Waals surface area contributed by atoms with Gasteiger partial charge in [0.15, 0.2) is 0 Å². The summed E-state index contributed by atoms with van der Waals surface area (Å²) < 4.78 is 0. The van der Waals surface area contributed by atoms with Crippen molar-refractivity contribution in [2.45, 2.75) is 38.5 Å². The van der Waals surface area contributed by atoms with Gasteiger partial charge in [-0.15, -0.1) is 0 Å². The molecule has 0 saturated heterocycles. The van der Waals surface area contributed by atoms with Gasteiger partial charge in [0, 0.05) is 18.9 Å². The van der Waals surface area contributed by atoms with Gasteiger partial charge < -0.3 is 5.32 Å². The molecule has 1 heterocycles. The van der Waals surface area contributed by atoms with Crippen LogP contribution in [0.1, 0.15) is 37.9 Å². The smallest absolute Gasteiger partial charge is 0.223 e. The third-order valence-corrected chi connectivity index (χ3v) is 4.31. The van der Waals surface area contributed by atoms with E-state index in [0.29, 0.717) is 17.8 Å². The number of H-pyrrole nitrogens is 1. The van der Waals surface area contributed by atoms with Crippen molar-refractivity contribution < 1.29 is 4.79 Å². The number of rotatable bonds is 5. The zero-order valence-electron chi connectivity index (χ0n) is 10.6. The van der Waals surface area contributed by atoms with E-state index < -0.39 is 0 Å². The molecule has 5 heteroatoms. The first-order valence-electron chi connectivity index (χ1n) is 6.98. The first kappa shape index (κ1) is 11.7. The highest BCUT2D eigenvalue weighted by atomic mass is 16.2. The molecule has 2 fully saturated rings. The van der Waals surface area contributed by atoms with Crippen molar-refractivity contribution in [3.63, 3.8) is 0 Å². The van der Waals surface area contributed by atoms with Crippen LogP contribution in [0.2, 0.25) is 0 Å². The number of fused-ring (bicyclic) bond motifs is 1. The van der Waals surface area contributed by atoms with Crippen LogP contribution >= 0.6 is 0 Å². The van der Waals surface area contributed by atoms with E-state index >= 15 is 0 Å². The van der Waals surface area contributed by atoms with Gasteiger partial charge in [-0.25, -0.2) is 4.98 Å². The molecule has 1 aromatic heterocycles. The Bertz CT molecular complexity index is 391. The fraction of sp³-hybridized carbons (Fsp3) is 0.769. The Morgan fingerprint density at radius 3 is 2.83 bits per heavy atom. The van der Waals surface area contributed by atoms with E-state index in [4.69, 9.17) is 0 Å². The molecule has 0 aliphatic heterocycles. The van der Waals surface area contributed by atoms with Crippen LogP contribution < -0.4 is 5.32 Å². The van der Waals surface area contributed by atoms with Crippen molar-refractivity contribution in [1.82, 2.24) is 20.5 Å². The highest BCUT2D eigenvalue weighted by Crippen LogP contribution is 2.55. The van der Waals surface area contributed by atoms with Gasteiger partial charge in [-0.1, -0.05) is 12.8 Å². The molecule has 98 valence electrons. The number of nitrogens with zero attached hydrogens (tertiary/aromatic N) is 2. The Labute approximate surface area is 107 Å². The first-order chi connectivity index (χ1) is 8.86. The molecule has 0 aromatic carbocycles. The molecule has 2 atom stereocenters. The Kier molecular flexibility index (Phi) is 3.30. The average Bonchev–Trinajstić information content (AvgIpc) is 2.89. The lowest BCUT2D eigenvalue weighted by molar-refractivity contribution is -0.122. The second kappa shape index (κ2) is 5.08. The van der Waals surface area contributed by atoms with E-state index in [9.17, 15) is 4.79 Å². The average molecular weight is 248 g/mol. The van der Waals surface area contributed by atoms with E-state index in [2.05, 4.69) is 20.5 Å². The predicted molar refractivity (Wildman–Crippen MR) is 66.7 cm³/mol. The third-order valence-electron chi connectivity index (χ3n) is 4.31. The van der Waals surface area contributed by atoms with Gasteiger partial charge in [-0.2, -0.15) is 5.10 Å². The van der Waals surface area contributed by atoms with Gasteiger partial charge in [-0.05, 0) is 31.1 Å². The monoisotopic (exact) mass is 248 g/mol. The minimum absolute atomic E-state index is 0.282. The summed E-state index contributed by atoms with van der Waals surface area (Å²) in [6.07, 6.45) is 8.44. The molecule has 0 radical (unpaired) electrons. The van der Waals surface area contributed by atoms with Gasteiger partial charge in [0.25, 0.3) is 0 Å². The Morgan fingerprint density at radius 1 is 1.39 bits per heavy atom. The van der Waals surface area contributed by atoms with Crippen molar-refractivity contribution in [2.24, 2.45) is 17.8 Å². The van der Waals surface area contributed by atoms with Crippen molar-refractivity contribution in [3.05, 3.63) is 12.2 Å². The third kappa shape index (κ3) is 2.40. The minimum atomic E-state index is 0.282.